The SMILES string of the molecule is COc1ccc(-c2cc(-c3ccccc3F)nc3ncccc23)c2ccnc(N)c12. The summed E-state index contributed by atoms with van der Waals surface area (Å²) in [5, 5.41) is 2.48. The minimum atomic E-state index is -0.334. The van der Waals surface area contributed by atoms with Crippen molar-refractivity contribution in [3.8, 4) is 28.1 Å². The molecule has 0 spiro atoms. The number of ether oxygens (including phenoxy) is 1. The Hall–Kier alpha value is -4.06. The third-order valence-electron chi connectivity index (χ3n) is 5.16. The monoisotopic (exact) mass is 396 g/mol. The predicted octanol–water partition coefficient (Wildman–Crippen LogP) is 5.24. The number of hydrogen-bond acceptors (Lipinski definition) is 5. The Labute approximate surface area is 172 Å². The molecule has 0 atom stereocenters. The molecule has 0 bridgehead atoms. The van der Waals surface area contributed by atoms with Crippen molar-refractivity contribution in [2.45, 2.75) is 0 Å². The van der Waals surface area contributed by atoms with Crippen LogP contribution in [0.5, 0.6) is 5.75 Å². The van der Waals surface area contributed by atoms with Crippen LogP contribution in [0.4, 0.5) is 10.2 Å². The standard InChI is InChI=1S/C24H17FN4O/c1-30-21-9-8-14(15-10-12-27-23(26)22(15)21)18-13-20(17-5-2-3-7-19(17)25)29-24-16(18)6-4-11-28-24/h2-13H,1H3,(H2,26,27). The molecule has 3 heterocycles. The lowest BCUT2D eigenvalue weighted by molar-refractivity contribution is 0.420. The topological polar surface area (TPSA) is 73.9 Å². The van der Waals surface area contributed by atoms with Gasteiger partial charge in [-0.1, -0.05) is 18.2 Å². The Morgan fingerprint density at radius 2 is 1.70 bits per heavy atom. The van der Waals surface area contributed by atoms with Crippen LogP contribution in [0.25, 0.3) is 44.2 Å². The average Bonchev–Trinajstić information content (AvgIpc) is 2.78. The van der Waals surface area contributed by atoms with Gasteiger partial charge in [-0.25, -0.2) is 19.3 Å². The number of pyridine rings is 3. The van der Waals surface area contributed by atoms with E-state index in [2.05, 4.69) is 15.0 Å². The van der Waals surface area contributed by atoms with Gasteiger partial charge in [0.15, 0.2) is 5.65 Å². The predicted molar refractivity (Wildman–Crippen MR) is 117 cm³/mol. The second kappa shape index (κ2) is 7.08. The van der Waals surface area contributed by atoms with Crippen molar-refractivity contribution in [2.24, 2.45) is 0 Å². The van der Waals surface area contributed by atoms with Crippen LogP contribution in [-0.2, 0) is 0 Å². The molecule has 5 rings (SSSR count). The molecular formula is C24H17FN4O. The van der Waals surface area contributed by atoms with Crippen LogP contribution in [0.1, 0.15) is 0 Å². The molecule has 6 heteroatoms. The fourth-order valence-electron chi connectivity index (χ4n) is 3.79. The number of rotatable bonds is 3. The lowest BCUT2D eigenvalue weighted by Crippen LogP contribution is -1.97. The van der Waals surface area contributed by atoms with Crippen molar-refractivity contribution >= 4 is 27.6 Å². The molecular weight excluding hydrogens is 379 g/mol. The maximum absolute atomic E-state index is 14.5. The van der Waals surface area contributed by atoms with Gasteiger partial charge in [0.25, 0.3) is 0 Å². The average molecular weight is 396 g/mol. The summed E-state index contributed by atoms with van der Waals surface area (Å²) in [6.45, 7) is 0. The molecule has 0 unspecified atom stereocenters. The smallest absolute Gasteiger partial charge is 0.160 e. The molecule has 0 aliphatic heterocycles. The third kappa shape index (κ3) is 2.81. The summed E-state index contributed by atoms with van der Waals surface area (Å²) in [5.74, 6) is 0.696. The van der Waals surface area contributed by atoms with Crippen LogP contribution in [0, 0.1) is 5.82 Å². The second-order valence-electron chi connectivity index (χ2n) is 6.84. The molecule has 0 amide bonds. The van der Waals surface area contributed by atoms with Crippen LogP contribution < -0.4 is 10.5 Å². The van der Waals surface area contributed by atoms with Crippen LogP contribution in [-0.4, -0.2) is 22.1 Å². The molecule has 146 valence electrons. The lowest BCUT2D eigenvalue weighted by Gasteiger charge is -2.15. The molecule has 30 heavy (non-hydrogen) atoms. The number of nitrogens with zero attached hydrogens (tertiary/aromatic N) is 3. The maximum Gasteiger partial charge on any atom is 0.160 e. The van der Waals surface area contributed by atoms with E-state index < -0.39 is 0 Å². The quantitative estimate of drug-likeness (QED) is 0.451. The molecule has 0 saturated carbocycles. The first kappa shape index (κ1) is 18.0. The first-order chi connectivity index (χ1) is 14.7. The van der Waals surface area contributed by atoms with Crippen molar-refractivity contribution in [1.82, 2.24) is 15.0 Å². The number of nitrogens with two attached hydrogens (primary N) is 1. The van der Waals surface area contributed by atoms with Crippen molar-refractivity contribution in [3.05, 3.63) is 78.9 Å². The molecule has 0 aliphatic carbocycles. The number of benzene rings is 2. The van der Waals surface area contributed by atoms with Crippen LogP contribution >= 0.6 is 0 Å². The van der Waals surface area contributed by atoms with Crippen molar-refractivity contribution < 1.29 is 9.13 Å². The molecule has 3 aromatic heterocycles. The van der Waals surface area contributed by atoms with Gasteiger partial charge in [-0.15, -0.1) is 0 Å². The summed E-state index contributed by atoms with van der Waals surface area (Å²) in [5.41, 5.74) is 9.44. The first-order valence-corrected chi connectivity index (χ1v) is 9.39. The number of anilines is 1. The van der Waals surface area contributed by atoms with E-state index in [1.807, 2.05) is 36.4 Å². The van der Waals surface area contributed by atoms with Gasteiger partial charge in [-0.3, -0.25) is 0 Å². The summed E-state index contributed by atoms with van der Waals surface area (Å²) in [7, 11) is 1.60. The van der Waals surface area contributed by atoms with Crippen LogP contribution in [0.15, 0.2) is 73.1 Å². The lowest BCUT2D eigenvalue weighted by atomic mass is 9.95. The van der Waals surface area contributed by atoms with Gasteiger partial charge in [-0.2, -0.15) is 0 Å². The molecule has 0 fully saturated rings. The summed E-state index contributed by atoms with van der Waals surface area (Å²) in [6, 6.07) is 18.0. The number of fused-ring (bicyclic) bond motifs is 2. The molecule has 0 saturated heterocycles. The number of aromatic nitrogens is 3. The molecule has 5 aromatic rings. The Morgan fingerprint density at radius 3 is 2.53 bits per heavy atom. The molecule has 2 N–H and O–H groups in total. The fourth-order valence-corrected chi connectivity index (χ4v) is 3.79. The zero-order valence-corrected chi connectivity index (χ0v) is 16.1. The Morgan fingerprint density at radius 1 is 0.833 bits per heavy atom. The van der Waals surface area contributed by atoms with E-state index in [0.29, 0.717) is 28.5 Å². The fraction of sp³-hybridized carbons (Fsp3) is 0.0417. The summed E-state index contributed by atoms with van der Waals surface area (Å²) >= 11 is 0. The number of nitrogen functional groups attached to an aromatic ring is 1. The van der Waals surface area contributed by atoms with Crippen LogP contribution in [0.2, 0.25) is 0 Å². The van der Waals surface area contributed by atoms with Gasteiger partial charge in [0, 0.05) is 23.3 Å². The Kier molecular flexibility index (Phi) is 4.25. The Bertz CT molecular complexity index is 1420. The van der Waals surface area contributed by atoms with E-state index in [9.17, 15) is 4.39 Å². The van der Waals surface area contributed by atoms with Crippen molar-refractivity contribution in [2.75, 3.05) is 12.8 Å². The van der Waals surface area contributed by atoms with Gasteiger partial charge < -0.3 is 10.5 Å². The van der Waals surface area contributed by atoms with Crippen molar-refractivity contribution in [1.29, 1.82) is 0 Å². The van der Waals surface area contributed by atoms with E-state index in [1.54, 1.807) is 37.7 Å². The Balaban J connectivity index is 1.88. The largest absolute Gasteiger partial charge is 0.496 e. The highest BCUT2D eigenvalue weighted by atomic mass is 19.1. The number of methoxy groups -OCH3 is 1. The highest BCUT2D eigenvalue weighted by molar-refractivity contribution is 6.09. The first-order valence-electron chi connectivity index (χ1n) is 9.39. The summed E-state index contributed by atoms with van der Waals surface area (Å²) in [4.78, 5) is 13.2. The van der Waals surface area contributed by atoms with E-state index in [0.717, 1.165) is 27.3 Å². The second-order valence-corrected chi connectivity index (χ2v) is 6.84. The van der Waals surface area contributed by atoms with E-state index >= 15 is 0 Å². The van der Waals surface area contributed by atoms with Crippen molar-refractivity contribution in [3.63, 3.8) is 0 Å². The van der Waals surface area contributed by atoms with Gasteiger partial charge >= 0.3 is 0 Å². The minimum absolute atomic E-state index is 0.334. The molecule has 0 aliphatic rings. The highest BCUT2D eigenvalue weighted by Gasteiger charge is 2.17. The molecule has 0 radical (unpaired) electrons. The number of hydrogen-bond donors (Lipinski definition) is 1. The van der Waals surface area contributed by atoms with Gasteiger partial charge in [0.1, 0.15) is 17.4 Å². The normalized spacial score (nSPS) is 11.1. The molecule has 2 aromatic carbocycles. The summed E-state index contributed by atoms with van der Waals surface area (Å²) < 4.78 is 20.0. The highest BCUT2D eigenvalue weighted by Crippen LogP contribution is 2.40. The summed E-state index contributed by atoms with van der Waals surface area (Å²) in [6.07, 6.45) is 3.35. The number of halogens is 1. The minimum Gasteiger partial charge on any atom is -0.496 e. The van der Waals surface area contributed by atoms with E-state index in [4.69, 9.17) is 10.5 Å². The van der Waals surface area contributed by atoms with Gasteiger partial charge in [0.05, 0.1) is 18.2 Å². The molecule has 5 nitrogen and oxygen atoms in total. The third-order valence-corrected chi connectivity index (χ3v) is 5.16. The zero-order valence-electron chi connectivity index (χ0n) is 16.1. The van der Waals surface area contributed by atoms with E-state index in [-0.39, 0.29) is 5.82 Å². The van der Waals surface area contributed by atoms with Crippen LogP contribution in [0.3, 0.4) is 0 Å². The van der Waals surface area contributed by atoms with Gasteiger partial charge in [-0.05, 0) is 59.0 Å². The van der Waals surface area contributed by atoms with Gasteiger partial charge in [0.2, 0.25) is 0 Å². The maximum atomic E-state index is 14.5. The van der Waals surface area contributed by atoms with E-state index in [1.165, 1.54) is 6.07 Å². The zero-order chi connectivity index (χ0) is 20.7.